The predicted molar refractivity (Wildman–Crippen MR) is 92.7 cm³/mol. The minimum absolute atomic E-state index is 0.121. The van der Waals surface area contributed by atoms with Gasteiger partial charge in [-0.15, -0.1) is 0 Å². The summed E-state index contributed by atoms with van der Waals surface area (Å²) in [5.41, 5.74) is 1.10. The van der Waals surface area contributed by atoms with Gasteiger partial charge >= 0.3 is 0 Å². The molecule has 0 aliphatic heterocycles. The van der Waals surface area contributed by atoms with Crippen LogP contribution < -0.4 is 0 Å². The Labute approximate surface area is 136 Å². The monoisotopic (exact) mass is 306 g/mol. The van der Waals surface area contributed by atoms with Crippen LogP contribution in [0, 0.1) is 11.3 Å². The molecule has 1 saturated carbocycles. The highest BCUT2D eigenvalue weighted by molar-refractivity contribution is 5.14. The van der Waals surface area contributed by atoms with Crippen molar-refractivity contribution < 1.29 is 10.2 Å². The Morgan fingerprint density at radius 1 is 0.955 bits per heavy atom. The van der Waals surface area contributed by atoms with Crippen molar-refractivity contribution >= 4 is 0 Å². The Balaban J connectivity index is 2.40. The molecule has 0 saturated heterocycles. The van der Waals surface area contributed by atoms with Crippen molar-refractivity contribution in [2.45, 2.75) is 90.8 Å². The Bertz CT molecular complexity index is 470. The lowest BCUT2D eigenvalue weighted by Crippen LogP contribution is -2.60. The van der Waals surface area contributed by atoms with E-state index < -0.39 is 11.2 Å². The van der Waals surface area contributed by atoms with Gasteiger partial charge in [0.15, 0.2) is 0 Å². The maximum atomic E-state index is 11.4. The second-order valence-electron chi connectivity index (χ2n) is 8.55. The van der Waals surface area contributed by atoms with Crippen LogP contribution in [0.15, 0.2) is 23.3 Å². The van der Waals surface area contributed by atoms with Crippen molar-refractivity contribution in [3.63, 3.8) is 0 Å². The minimum atomic E-state index is -0.710. The fourth-order valence-electron chi connectivity index (χ4n) is 4.56. The lowest BCUT2D eigenvalue weighted by Gasteiger charge is -2.57. The number of hydrogen-bond acceptors (Lipinski definition) is 2. The summed E-state index contributed by atoms with van der Waals surface area (Å²) in [6.07, 6.45) is 10.8. The first-order valence-electron chi connectivity index (χ1n) is 8.84. The van der Waals surface area contributed by atoms with Crippen LogP contribution in [0.25, 0.3) is 0 Å². The maximum Gasteiger partial charge on any atom is 0.0737 e. The van der Waals surface area contributed by atoms with Crippen LogP contribution in [0.1, 0.15) is 79.6 Å². The first-order valence-corrected chi connectivity index (χ1v) is 8.84. The zero-order chi connectivity index (χ0) is 16.6. The zero-order valence-electron chi connectivity index (χ0n) is 15.1. The van der Waals surface area contributed by atoms with Crippen LogP contribution in [0.2, 0.25) is 0 Å². The molecule has 2 rings (SSSR count). The Morgan fingerprint density at radius 2 is 1.59 bits per heavy atom. The molecule has 0 heterocycles. The average molecular weight is 306 g/mol. The highest BCUT2D eigenvalue weighted by Gasteiger charge is 2.56. The van der Waals surface area contributed by atoms with Gasteiger partial charge in [-0.1, -0.05) is 37.1 Å². The summed E-state index contributed by atoms with van der Waals surface area (Å²) >= 11 is 0. The van der Waals surface area contributed by atoms with Gasteiger partial charge in [0.1, 0.15) is 0 Å². The quantitative estimate of drug-likeness (QED) is 0.633. The van der Waals surface area contributed by atoms with Crippen LogP contribution in [-0.2, 0) is 0 Å². The van der Waals surface area contributed by atoms with E-state index in [1.807, 2.05) is 6.92 Å². The third-order valence-electron chi connectivity index (χ3n) is 6.51. The molecular formula is C20H34O2. The van der Waals surface area contributed by atoms with Crippen LogP contribution in [-0.4, -0.2) is 21.4 Å². The molecule has 0 unspecified atom stereocenters. The van der Waals surface area contributed by atoms with Crippen molar-refractivity contribution in [2.24, 2.45) is 11.3 Å². The Kier molecular flexibility index (Phi) is 4.94. The third kappa shape index (κ3) is 3.33. The topological polar surface area (TPSA) is 40.5 Å². The molecule has 0 spiro atoms. The van der Waals surface area contributed by atoms with Crippen molar-refractivity contribution in [3.05, 3.63) is 23.3 Å². The number of fused-ring (bicyclic) bond motifs is 2. The molecule has 2 bridgehead atoms. The molecule has 0 aromatic heterocycles. The lowest BCUT2D eigenvalue weighted by molar-refractivity contribution is -0.197. The average Bonchev–Trinajstić information content (AvgIpc) is 2.40. The summed E-state index contributed by atoms with van der Waals surface area (Å²) in [6.45, 7) is 10.6. The predicted octanol–water partition coefficient (Wildman–Crippen LogP) is 4.76. The number of rotatable bonds is 0. The van der Waals surface area contributed by atoms with Crippen LogP contribution in [0.5, 0.6) is 0 Å². The van der Waals surface area contributed by atoms with E-state index in [0.29, 0.717) is 19.3 Å². The first kappa shape index (κ1) is 17.7. The van der Waals surface area contributed by atoms with Crippen molar-refractivity contribution in [3.8, 4) is 0 Å². The number of aliphatic hydroxyl groups is 2. The van der Waals surface area contributed by atoms with Gasteiger partial charge in [-0.2, -0.15) is 0 Å². The van der Waals surface area contributed by atoms with Crippen LogP contribution >= 0.6 is 0 Å². The number of allylic oxidation sites excluding steroid dienone is 3. The highest BCUT2D eigenvalue weighted by atomic mass is 16.3. The molecule has 2 aliphatic carbocycles. The van der Waals surface area contributed by atoms with E-state index in [-0.39, 0.29) is 11.3 Å². The Hall–Kier alpha value is -0.600. The molecule has 3 atom stereocenters. The smallest absolute Gasteiger partial charge is 0.0737 e. The van der Waals surface area contributed by atoms with E-state index in [9.17, 15) is 10.2 Å². The zero-order valence-corrected chi connectivity index (χ0v) is 15.1. The maximum absolute atomic E-state index is 11.4. The Morgan fingerprint density at radius 3 is 2.27 bits per heavy atom. The summed E-state index contributed by atoms with van der Waals surface area (Å²) < 4.78 is 0. The summed E-state index contributed by atoms with van der Waals surface area (Å²) in [6, 6.07) is 0. The number of hydrogen-bond donors (Lipinski definition) is 2. The van der Waals surface area contributed by atoms with E-state index in [2.05, 4.69) is 39.8 Å². The van der Waals surface area contributed by atoms with E-state index in [1.54, 1.807) is 0 Å². The first-order chi connectivity index (χ1) is 10.1. The molecule has 2 heteroatoms. The largest absolute Gasteiger partial charge is 0.390 e. The lowest BCUT2D eigenvalue weighted by atomic mass is 9.52. The summed E-state index contributed by atoms with van der Waals surface area (Å²) in [5.74, 6) is 0.121. The molecule has 2 N–H and O–H groups in total. The molecule has 2 aliphatic rings. The SMILES string of the molecule is C/C1=C\C[C@]2(O)CC[C@](C)(O)[C@@H](CC/C(C)=C/CC1)C2(C)C. The van der Waals surface area contributed by atoms with E-state index in [0.717, 1.165) is 25.7 Å². The summed E-state index contributed by atoms with van der Waals surface area (Å²) in [7, 11) is 0. The fourth-order valence-corrected chi connectivity index (χ4v) is 4.56. The van der Waals surface area contributed by atoms with Crippen LogP contribution in [0.4, 0.5) is 0 Å². The van der Waals surface area contributed by atoms with Gasteiger partial charge in [0.2, 0.25) is 0 Å². The summed E-state index contributed by atoms with van der Waals surface area (Å²) in [4.78, 5) is 0. The second kappa shape index (κ2) is 6.13. The molecule has 0 amide bonds. The van der Waals surface area contributed by atoms with Gasteiger partial charge in [-0.25, -0.2) is 0 Å². The minimum Gasteiger partial charge on any atom is -0.390 e. The van der Waals surface area contributed by atoms with Gasteiger partial charge in [-0.05, 0) is 77.0 Å². The van der Waals surface area contributed by atoms with Crippen molar-refractivity contribution in [1.29, 1.82) is 0 Å². The van der Waals surface area contributed by atoms with Crippen molar-refractivity contribution in [1.82, 2.24) is 0 Å². The van der Waals surface area contributed by atoms with Gasteiger partial charge < -0.3 is 10.2 Å². The van der Waals surface area contributed by atoms with Gasteiger partial charge in [-0.3, -0.25) is 0 Å². The van der Waals surface area contributed by atoms with Crippen LogP contribution in [0.3, 0.4) is 0 Å². The molecular weight excluding hydrogens is 272 g/mol. The fraction of sp³-hybridized carbons (Fsp3) is 0.800. The van der Waals surface area contributed by atoms with E-state index in [1.165, 1.54) is 11.1 Å². The normalized spacial score (nSPS) is 44.8. The highest BCUT2D eigenvalue weighted by Crippen LogP contribution is 2.55. The molecule has 0 aromatic rings. The molecule has 0 radical (unpaired) electrons. The van der Waals surface area contributed by atoms with E-state index in [4.69, 9.17) is 0 Å². The molecule has 22 heavy (non-hydrogen) atoms. The van der Waals surface area contributed by atoms with Gasteiger partial charge in [0.25, 0.3) is 0 Å². The molecule has 0 aromatic carbocycles. The third-order valence-corrected chi connectivity index (χ3v) is 6.51. The molecule has 1 fully saturated rings. The second-order valence-corrected chi connectivity index (χ2v) is 8.55. The standard InChI is InChI=1S/C20H34O2/c1-15-7-6-8-16(2)11-12-20(22)14-13-19(5,21)17(10-9-15)18(20,3)4/h7,11,17,21-22H,6,8-10,12-14H2,1-5H3/b15-7+,16-11+/t17-,19-,20-/m0/s1. The summed E-state index contributed by atoms with van der Waals surface area (Å²) in [5, 5.41) is 22.3. The van der Waals surface area contributed by atoms with Gasteiger partial charge in [0, 0.05) is 0 Å². The van der Waals surface area contributed by atoms with E-state index >= 15 is 0 Å². The molecule has 2 nitrogen and oxygen atoms in total. The molecule has 126 valence electrons. The van der Waals surface area contributed by atoms with Gasteiger partial charge in [0.05, 0.1) is 11.2 Å². The van der Waals surface area contributed by atoms with Crippen molar-refractivity contribution in [2.75, 3.05) is 0 Å².